The summed E-state index contributed by atoms with van der Waals surface area (Å²) in [4.78, 5) is 22.6. The van der Waals surface area contributed by atoms with Gasteiger partial charge in [-0.1, -0.05) is 0 Å². The van der Waals surface area contributed by atoms with Gasteiger partial charge in [0, 0.05) is 12.8 Å². The van der Waals surface area contributed by atoms with Crippen LogP contribution in [0.2, 0.25) is 0 Å². The lowest BCUT2D eigenvalue weighted by atomic mass is 10.3. The molecule has 0 aliphatic carbocycles. The van der Waals surface area contributed by atoms with Crippen molar-refractivity contribution >= 4 is 12.3 Å². The van der Waals surface area contributed by atoms with Gasteiger partial charge in [-0.3, -0.25) is 4.79 Å². The minimum absolute atomic E-state index is 0.320. The molecule has 0 amide bonds. The maximum atomic E-state index is 11.7. The Balaban J connectivity index is 3.04. The lowest BCUT2D eigenvalue weighted by molar-refractivity contribution is -0.146. The zero-order valence-corrected chi connectivity index (χ0v) is 10.3. The number of esters is 1. The summed E-state index contributed by atoms with van der Waals surface area (Å²) in [5.74, 6) is -0.357. The first-order valence-electron chi connectivity index (χ1n) is 5.46. The number of aromatic nitrogens is 1. The number of aldehydes is 1. The molecule has 94 valence electrons. The van der Waals surface area contributed by atoms with Crippen molar-refractivity contribution in [2.75, 3.05) is 13.7 Å². The van der Waals surface area contributed by atoms with Crippen molar-refractivity contribution < 1.29 is 19.1 Å². The largest absolute Gasteiger partial charge is 0.464 e. The molecule has 0 radical (unpaired) electrons. The Hall–Kier alpha value is -1.62. The van der Waals surface area contributed by atoms with Crippen LogP contribution >= 0.6 is 0 Å². The lowest BCUT2D eigenvalue weighted by Crippen LogP contribution is -2.22. The molecule has 17 heavy (non-hydrogen) atoms. The average Bonchev–Trinajstić information content (AvgIpc) is 2.72. The quantitative estimate of drug-likeness (QED) is 0.558. The molecular formula is C12H17NO4. The van der Waals surface area contributed by atoms with Crippen LogP contribution in [0.1, 0.15) is 36.1 Å². The molecule has 1 aromatic rings. The van der Waals surface area contributed by atoms with Gasteiger partial charge in [0.05, 0.1) is 18.9 Å². The van der Waals surface area contributed by atoms with E-state index in [9.17, 15) is 9.59 Å². The van der Waals surface area contributed by atoms with Crippen molar-refractivity contribution in [3.63, 3.8) is 0 Å². The maximum Gasteiger partial charge on any atom is 0.328 e. The minimum Gasteiger partial charge on any atom is -0.464 e. The maximum absolute atomic E-state index is 11.7. The van der Waals surface area contributed by atoms with Crippen LogP contribution in [0.15, 0.2) is 12.1 Å². The van der Waals surface area contributed by atoms with E-state index in [0.717, 1.165) is 12.0 Å². The predicted molar refractivity (Wildman–Crippen MR) is 61.9 cm³/mol. The van der Waals surface area contributed by atoms with Crippen molar-refractivity contribution in [2.45, 2.75) is 26.5 Å². The summed E-state index contributed by atoms with van der Waals surface area (Å²) < 4.78 is 11.6. The molecule has 5 nitrogen and oxygen atoms in total. The van der Waals surface area contributed by atoms with E-state index >= 15 is 0 Å². The molecule has 0 unspecified atom stereocenters. The molecule has 1 rings (SSSR count). The molecule has 0 saturated heterocycles. The Kier molecular flexibility index (Phi) is 4.90. The van der Waals surface area contributed by atoms with E-state index in [1.165, 1.54) is 0 Å². The SMILES string of the molecule is CCOC(=O)[C@H](C)n1c(C=O)ccc1COC. The van der Waals surface area contributed by atoms with Crippen LogP contribution in [0.25, 0.3) is 0 Å². The molecule has 0 aromatic carbocycles. The van der Waals surface area contributed by atoms with Gasteiger partial charge in [0.2, 0.25) is 0 Å². The molecule has 0 aliphatic heterocycles. The molecule has 0 bridgehead atoms. The zero-order chi connectivity index (χ0) is 12.8. The Labute approximate surface area is 100 Å². The van der Waals surface area contributed by atoms with Gasteiger partial charge >= 0.3 is 5.97 Å². The number of rotatable bonds is 6. The highest BCUT2D eigenvalue weighted by Gasteiger charge is 2.21. The van der Waals surface area contributed by atoms with E-state index in [0.29, 0.717) is 18.9 Å². The van der Waals surface area contributed by atoms with E-state index in [-0.39, 0.29) is 5.97 Å². The van der Waals surface area contributed by atoms with E-state index < -0.39 is 6.04 Å². The summed E-state index contributed by atoms with van der Waals surface area (Å²) in [7, 11) is 1.56. The third kappa shape index (κ3) is 2.94. The summed E-state index contributed by atoms with van der Waals surface area (Å²) in [5, 5.41) is 0. The number of hydrogen-bond acceptors (Lipinski definition) is 4. The standard InChI is InChI=1S/C12H17NO4/c1-4-17-12(15)9(2)13-10(7-14)5-6-11(13)8-16-3/h5-7,9H,4,8H2,1-3H3/t9-/m0/s1. The van der Waals surface area contributed by atoms with Gasteiger partial charge in [-0.05, 0) is 26.0 Å². The van der Waals surface area contributed by atoms with E-state index in [2.05, 4.69) is 0 Å². The van der Waals surface area contributed by atoms with Gasteiger partial charge < -0.3 is 14.0 Å². The number of carbonyl (C=O) groups is 2. The van der Waals surface area contributed by atoms with Crippen LogP contribution in [0, 0.1) is 0 Å². The first kappa shape index (κ1) is 13.4. The Morgan fingerprint density at radius 1 is 1.53 bits per heavy atom. The number of hydrogen-bond donors (Lipinski definition) is 0. The Morgan fingerprint density at radius 2 is 2.24 bits per heavy atom. The molecule has 5 heteroatoms. The molecule has 1 heterocycles. The highest BCUT2D eigenvalue weighted by molar-refractivity contribution is 5.78. The number of carbonyl (C=O) groups excluding carboxylic acids is 2. The number of methoxy groups -OCH3 is 1. The molecule has 0 spiro atoms. The zero-order valence-electron chi connectivity index (χ0n) is 10.3. The van der Waals surface area contributed by atoms with Crippen LogP contribution < -0.4 is 0 Å². The first-order chi connectivity index (χ1) is 8.15. The van der Waals surface area contributed by atoms with E-state index in [4.69, 9.17) is 9.47 Å². The Bertz CT molecular complexity index is 397. The highest BCUT2D eigenvalue weighted by Crippen LogP contribution is 2.17. The number of ether oxygens (including phenoxy) is 2. The first-order valence-corrected chi connectivity index (χ1v) is 5.46. The molecule has 1 aromatic heterocycles. The second-order valence-corrected chi connectivity index (χ2v) is 3.60. The summed E-state index contributed by atoms with van der Waals surface area (Å²) in [6.45, 7) is 4.11. The molecule has 0 N–H and O–H groups in total. The Morgan fingerprint density at radius 3 is 2.76 bits per heavy atom. The van der Waals surface area contributed by atoms with Crippen LogP contribution in [0.4, 0.5) is 0 Å². The van der Waals surface area contributed by atoms with E-state index in [1.54, 1.807) is 37.7 Å². The fourth-order valence-electron chi connectivity index (χ4n) is 1.71. The fourth-order valence-corrected chi connectivity index (χ4v) is 1.71. The van der Waals surface area contributed by atoms with Gasteiger partial charge in [-0.25, -0.2) is 4.79 Å². The van der Waals surface area contributed by atoms with Gasteiger partial charge in [0.25, 0.3) is 0 Å². The van der Waals surface area contributed by atoms with Gasteiger partial charge in [-0.2, -0.15) is 0 Å². The normalized spacial score (nSPS) is 12.2. The van der Waals surface area contributed by atoms with Crippen LogP contribution in [0.5, 0.6) is 0 Å². The second-order valence-electron chi connectivity index (χ2n) is 3.60. The van der Waals surface area contributed by atoms with Crippen molar-refractivity contribution in [3.05, 3.63) is 23.5 Å². The van der Waals surface area contributed by atoms with Crippen LogP contribution in [0.3, 0.4) is 0 Å². The van der Waals surface area contributed by atoms with Gasteiger partial charge in [0.15, 0.2) is 6.29 Å². The van der Waals surface area contributed by atoms with Crippen LogP contribution in [-0.4, -0.2) is 30.5 Å². The molecule has 0 saturated carbocycles. The lowest BCUT2D eigenvalue weighted by Gasteiger charge is -2.17. The van der Waals surface area contributed by atoms with Crippen molar-refractivity contribution in [3.8, 4) is 0 Å². The molecule has 1 atom stereocenters. The van der Waals surface area contributed by atoms with Crippen molar-refractivity contribution in [2.24, 2.45) is 0 Å². The van der Waals surface area contributed by atoms with E-state index in [1.807, 2.05) is 0 Å². The average molecular weight is 239 g/mol. The second kappa shape index (κ2) is 6.20. The molecular weight excluding hydrogens is 222 g/mol. The molecule has 0 aliphatic rings. The smallest absolute Gasteiger partial charge is 0.328 e. The minimum atomic E-state index is -0.532. The van der Waals surface area contributed by atoms with Crippen LogP contribution in [-0.2, 0) is 20.9 Å². The predicted octanol–water partition coefficient (Wildman–Crippen LogP) is 1.57. The van der Waals surface area contributed by atoms with Gasteiger partial charge in [-0.15, -0.1) is 0 Å². The summed E-state index contributed by atoms with van der Waals surface area (Å²) >= 11 is 0. The third-order valence-electron chi connectivity index (χ3n) is 2.46. The summed E-state index contributed by atoms with van der Waals surface area (Å²) in [6.07, 6.45) is 0.717. The molecule has 0 fully saturated rings. The third-order valence-corrected chi connectivity index (χ3v) is 2.46. The number of nitrogens with zero attached hydrogens (tertiary/aromatic N) is 1. The van der Waals surface area contributed by atoms with Crippen molar-refractivity contribution in [1.29, 1.82) is 0 Å². The highest BCUT2D eigenvalue weighted by atomic mass is 16.5. The fraction of sp³-hybridized carbons (Fsp3) is 0.500. The van der Waals surface area contributed by atoms with Crippen molar-refractivity contribution in [1.82, 2.24) is 4.57 Å². The van der Waals surface area contributed by atoms with Gasteiger partial charge in [0.1, 0.15) is 6.04 Å². The topological polar surface area (TPSA) is 57.5 Å². The monoisotopic (exact) mass is 239 g/mol. The summed E-state index contributed by atoms with van der Waals surface area (Å²) in [6, 6.07) is 2.90. The summed E-state index contributed by atoms with van der Waals surface area (Å²) in [5.41, 5.74) is 1.22.